The quantitative estimate of drug-likeness (QED) is 0.583. The lowest BCUT2D eigenvalue weighted by molar-refractivity contribution is -0.426. The van der Waals surface area contributed by atoms with Crippen molar-refractivity contribution >= 4 is 5.78 Å². The lowest BCUT2D eigenvalue weighted by Gasteiger charge is -2.07. The van der Waals surface area contributed by atoms with E-state index < -0.39 is 10.8 Å². The largest absolute Gasteiger partial charge is 0.382 e. The molecule has 1 aliphatic carbocycles. The number of carbonyl (C=O) groups is 1. The molecule has 0 spiro atoms. The van der Waals surface area contributed by atoms with Crippen LogP contribution in [0.1, 0.15) is 26.2 Å². The SMILES string of the molecule is CCC(=O)CCNC1=CC=C([N+](=O)[O-])CC=C1F. The van der Waals surface area contributed by atoms with Crippen LogP contribution in [0.25, 0.3) is 0 Å². The van der Waals surface area contributed by atoms with Gasteiger partial charge in [-0.2, -0.15) is 0 Å². The number of Topliss-reactive ketones (excluding diaryl/α,β-unsaturated/α-hetero) is 1. The van der Waals surface area contributed by atoms with Crippen LogP contribution in [0.3, 0.4) is 0 Å². The molecule has 6 heteroatoms. The van der Waals surface area contributed by atoms with Gasteiger partial charge in [0, 0.05) is 25.5 Å². The number of halogens is 1. The first-order chi connectivity index (χ1) is 8.54. The molecule has 0 saturated heterocycles. The van der Waals surface area contributed by atoms with Crippen molar-refractivity contribution in [2.45, 2.75) is 26.2 Å². The Bertz CT molecular complexity index is 439. The fourth-order valence-electron chi connectivity index (χ4n) is 1.42. The zero-order valence-corrected chi connectivity index (χ0v) is 10.1. The van der Waals surface area contributed by atoms with E-state index in [9.17, 15) is 19.3 Å². The third-order valence-corrected chi connectivity index (χ3v) is 2.54. The van der Waals surface area contributed by atoms with E-state index in [0.29, 0.717) is 19.4 Å². The molecule has 0 aromatic rings. The number of nitrogens with zero attached hydrogens (tertiary/aromatic N) is 1. The highest BCUT2D eigenvalue weighted by Gasteiger charge is 2.14. The molecule has 0 fully saturated rings. The summed E-state index contributed by atoms with van der Waals surface area (Å²) in [6.45, 7) is 2.08. The van der Waals surface area contributed by atoms with Crippen LogP contribution < -0.4 is 5.32 Å². The van der Waals surface area contributed by atoms with E-state index in [1.807, 2.05) is 0 Å². The maximum Gasteiger partial charge on any atom is 0.250 e. The molecule has 5 nitrogen and oxygen atoms in total. The number of carbonyl (C=O) groups excluding carboxylic acids is 1. The molecule has 0 amide bonds. The first-order valence-electron chi connectivity index (χ1n) is 5.71. The van der Waals surface area contributed by atoms with E-state index in [1.54, 1.807) is 6.92 Å². The molecule has 0 bridgehead atoms. The summed E-state index contributed by atoms with van der Waals surface area (Å²) in [7, 11) is 0. The van der Waals surface area contributed by atoms with Crippen LogP contribution in [0.2, 0.25) is 0 Å². The first kappa shape index (κ1) is 14.1. The van der Waals surface area contributed by atoms with Gasteiger partial charge >= 0.3 is 0 Å². The summed E-state index contributed by atoms with van der Waals surface area (Å²) in [6, 6.07) is 0. The number of ketones is 1. The van der Waals surface area contributed by atoms with E-state index >= 15 is 0 Å². The third kappa shape index (κ3) is 4.12. The first-order valence-corrected chi connectivity index (χ1v) is 5.71. The Morgan fingerprint density at radius 3 is 2.89 bits per heavy atom. The summed E-state index contributed by atoms with van der Waals surface area (Å²) in [6.07, 6.45) is 4.47. The Morgan fingerprint density at radius 2 is 2.28 bits per heavy atom. The topological polar surface area (TPSA) is 72.2 Å². The van der Waals surface area contributed by atoms with Crippen molar-refractivity contribution in [3.05, 3.63) is 45.6 Å². The second-order valence-corrected chi connectivity index (χ2v) is 3.82. The van der Waals surface area contributed by atoms with Gasteiger partial charge < -0.3 is 5.32 Å². The molecule has 98 valence electrons. The maximum atomic E-state index is 13.5. The van der Waals surface area contributed by atoms with Crippen molar-refractivity contribution in [1.29, 1.82) is 0 Å². The summed E-state index contributed by atoms with van der Waals surface area (Å²) < 4.78 is 13.5. The van der Waals surface area contributed by atoms with Gasteiger partial charge in [-0.1, -0.05) is 6.92 Å². The van der Waals surface area contributed by atoms with Gasteiger partial charge in [-0.15, -0.1) is 0 Å². The zero-order chi connectivity index (χ0) is 13.5. The number of allylic oxidation sites excluding steroid dienone is 4. The molecule has 0 aromatic heterocycles. The predicted molar refractivity (Wildman–Crippen MR) is 64.9 cm³/mol. The Labute approximate surface area is 104 Å². The number of nitro groups is 1. The Kier molecular flexibility index (Phi) is 5.23. The highest BCUT2D eigenvalue weighted by molar-refractivity contribution is 5.78. The minimum absolute atomic E-state index is 0.0472. The van der Waals surface area contributed by atoms with Gasteiger partial charge in [-0.05, 0) is 12.2 Å². The number of hydrogen-bond acceptors (Lipinski definition) is 4. The second kappa shape index (κ2) is 6.68. The van der Waals surface area contributed by atoms with Gasteiger partial charge in [0.05, 0.1) is 17.0 Å². The van der Waals surface area contributed by atoms with E-state index in [0.717, 1.165) is 6.08 Å². The van der Waals surface area contributed by atoms with Crippen LogP contribution in [-0.4, -0.2) is 17.3 Å². The van der Waals surface area contributed by atoms with Crippen molar-refractivity contribution in [1.82, 2.24) is 5.32 Å². The fourth-order valence-corrected chi connectivity index (χ4v) is 1.42. The van der Waals surface area contributed by atoms with Crippen LogP contribution >= 0.6 is 0 Å². The highest BCUT2D eigenvalue weighted by atomic mass is 19.1. The van der Waals surface area contributed by atoms with E-state index in [4.69, 9.17) is 0 Å². The molecule has 0 atom stereocenters. The average Bonchev–Trinajstić information content (AvgIpc) is 2.52. The Balaban J connectivity index is 2.63. The van der Waals surface area contributed by atoms with Gasteiger partial charge in [0.1, 0.15) is 11.6 Å². The van der Waals surface area contributed by atoms with Crippen molar-refractivity contribution in [2.75, 3.05) is 6.54 Å². The van der Waals surface area contributed by atoms with Crippen molar-refractivity contribution in [3.8, 4) is 0 Å². The molecule has 1 rings (SSSR count). The summed E-state index contributed by atoms with van der Waals surface area (Å²) in [5.74, 6) is -0.449. The number of rotatable bonds is 6. The molecule has 0 aromatic carbocycles. The van der Waals surface area contributed by atoms with Crippen LogP contribution in [0, 0.1) is 10.1 Å². The summed E-state index contributed by atoms with van der Waals surface area (Å²) >= 11 is 0. The van der Waals surface area contributed by atoms with Crippen molar-refractivity contribution in [2.24, 2.45) is 0 Å². The number of hydrogen-bond donors (Lipinski definition) is 1. The highest BCUT2D eigenvalue weighted by Crippen LogP contribution is 2.17. The molecule has 18 heavy (non-hydrogen) atoms. The Hall–Kier alpha value is -1.98. The summed E-state index contributed by atoms with van der Waals surface area (Å²) in [4.78, 5) is 21.1. The molecule has 0 saturated carbocycles. The van der Waals surface area contributed by atoms with Crippen LogP contribution in [0.4, 0.5) is 4.39 Å². The second-order valence-electron chi connectivity index (χ2n) is 3.82. The molecule has 1 aliphatic rings. The van der Waals surface area contributed by atoms with Crippen LogP contribution in [-0.2, 0) is 4.79 Å². The monoisotopic (exact) mass is 254 g/mol. The van der Waals surface area contributed by atoms with Gasteiger partial charge in [-0.25, -0.2) is 4.39 Å². The van der Waals surface area contributed by atoms with Crippen molar-refractivity contribution < 1.29 is 14.1 Å². The van der Waals surface area contributed by atoms with Gasteiger partial charge in [0.25, 0.3) is 0 Å². The van der Waals surface area contributed by atoms with Gasteiger partial charge in [-0.3, -0.25) is 14.9 Å². The molecule has 0 heterocycles. The minimum Gasteiger partial charge on any atom is -0.382 e. The molecule has 1 N–H and O–H groups in total. The zero-order valence-electron chi connectivity index (χ0n) is 10.1. The lowest BCUT2D eigenvalue weighted by atomic mass is 10.2. The third-order valence-electron chi connectivity index (χ3n) is 2.54. The van der Waals surface area contributed by atoms with Gasteiger partial charge in [0.15, 0.2) is 0 Å². The standard InChI is InChI=1S/C12H15FN2O3/c1-2-10(16)7-8-14-12-6-4-9(15(17)18)3-5-11(12)13/h4-6,14H,2-3,7-8H2,1H3. The smallest absolute Gasteiger partial charge is 0.250 e. The van der Waals surface area contributed by atoms with Gasteiger partial charge in [0.2, 0.25) is 5.70 Å². The van der Waals surface area contributed by atoms with E-state index in [-0.39, 0.29) is 23.6 Å². The molecule has 0 aliphatic heterocycles. The molecular weight excluding hydrogens is 239 g/mol. The summed E-state index contributed by atoms with van der Waals surface area (Å²) in [5, 5.41) is 13.3. The average molecular weight is 254 g/mol. The maximum absolute atomic E-state index is 13.5. The predicted octanol–water partition coefficient (Wildman–Crippen LogP) is 2.25. The normalized spacial score (nSPS) is 15.1. The molecule has 0 radical (unpaired) electrons. The van der Waals surface area contributed by atoms with E-state index in [1.165, 1.54) is 12.2 Å². The minimum atomic E-state index is -0.538. The molecular formula is C12H15FN2O3. The van der Waals surface area contributed by atoms with E-state index in [2.05, 4.69) is 5.32 Å². The lowest BCUT2D eigenvalue weighted by Crippen LogP contribution is -2.17. The fraction of sp³-hybridized carbons (Fsp3) is 0.417. The Morgan fingerprint density at radius 1 is 1.56 bits per heavy atom. The van der Waals surface area contributed by atoms with Crippen molar-refractivity contribution in [3.63, 3.8) is 0 Å². The van der Waals surface area contributed by atoms with Crippen LogP contribution in [0.15, 0.2) is 35.4 Å². The van der Waals surface area contributed by atoms with Crippen LogP contribution in [0.5, 0.6) is 0 Å². The molecule has 0 unspecified atom stereocenters. The summed E-state index contributed by atoms with van der Waals surface area (Å²) in [5.41, 5.74) is 0.113. The number of nitrogens with one attached hydrogen (secondary N) is 1.